The van der Waals surface area contributed by atoms with Gasteiger partial charge in [0.25, 0.3) is 10.0 Å². The van der Waals surface area contributed by atoms with E-state index in [0.29, 0.717) is 18.8 Å². The second-order valence-corrected chi connectivity index (χ2v) is 7.23. The van der Waals surface area contributed by atoms with Gasteiger partial charge in [0.2, 0.25) is 5.09 Å². The molecule has 1 aliphatic rings. The Morgan fingerprint density at radius 3 is 2.60 bits per heavy atom. The molecule has 2 N–H and O–H groups in total. The van der Waals surface area contributed by atoms with Crippen molar-refractivity contribution in [3.05, 3.63) is 17.9 Å². The Hall–Kier alpha value is -0.850. The van der Waals surface area contributed by atoms with Gasteiger partial charge in [0.15, 0.2) is 0 Å². The van der Waals surface area contributed by atoms with Gasteiger partial charge in [-0.15, -0.1) is 0 Å². The fourth-order valence-corrected chi connectivity index (χ4v) is 3.60. The maximum absolute atomic E-state index is 12.2. The summed E-state index contributed by atoms with van der Waals surface area (Å²) in [5.74, 6) is 0.640. The molecule has 0 bridgehead atoms. The third-order valence-corrected chi connectivity index (χ3v) is 5.53. The number of nitrogens with one attached hydrogen (secondary N) is 2. The van der Waals surface area contributed by atoms with Crippen LogP contribution in [0, 0.1) is 5.41 Å². The molecule has 1 aromatic rings. The summed E-state index contributed by atoms with van der Waals surface area (Å²) >= 11 is 0. The summed E-state index contributed by atoms with van der Waals surface area (Å²) in [6.45, 7) is 5.99. The maximum atomic E-state index is 12.2. The Kier molecular flexibility index (Phi) is 4.88. The average Bonchev–Trinajstić information content (AvgIpc) is 2.85. The minimum absolute atomic E-state index is 0.0102. The van der Waals surface area contributed by atoms with Crippen LogP contribution in [0.4, 0.5) is 0 Å². The number of furan rings is 1. The van der Waals surface area contributed by atoms with Gasteiger partial charge in [-0.3, -0.25) is 0 Å². The second kappa shape index (κ2) is 6.28. The van der Waals surface area contributed by atoms with Gasteiger partial charge < -0.3 is 9.73 Å². The highest BCUT2D eigenvalue weighted by Gasteiger charge is 2.36. The maximum Gasteiger partial charge on any atom is 0.273 e. The highest BCUT2D eigenvalue weighted by atomic mass is 32.2. The van der Waals surface area contributed by atoms with Gasteiger partial charge in [-0.2, -0.15) is 0 Å². The lowest BCUT2D eigenvalue weighted by Gasteiger charge is -2.41. The largest absolute Gasteiger partial charge is 0.447 e. The van der Waals surface area contributed by atoms with Crippen LogP contribution in [-0.2, 0) is 16.6 Å². The highest BCUT2D eigenvalue weighted by Crippen LogP contribution is 2.43. The van der Waals surface area contributed by atoms with E-state index in [-0.39, 0.29) is 10.5 Å². The van der Waals surface area contributed by atoms with E-state index in [0.717, 1.165) is 25.8 Å². The minimum Gasteiger partial charge on any atom is -0.447 e. The minimum atomic E-state index is -3.53. The predicted octanol–water partition coefficient (Wildman–Crippen LogP) is 2.25. The zero-order valence-electron chi connectivity index (χ0n) is 12.2. The summed E-state index contributed by atoms with van der Waals surface area (Å²) in [6, 6.07) is 3.23. The fourth-order valence-electron chi connectivity index (χ4n) is 2.50. The van der Waals surface area contributed by atoms with E-state index < -0.39 is 10.0 Å². The van der Waals surface area contributed by atoms with E-state index in [9.17, 15) is 8.42 Å². The average molecular weight is 300 g/mol. The lowest BCUT2D eigenvalue weighted by Crippen LogP contribution is -2.41. The molecule has 1 aliphatic carbocycles. The summed E-state index contributed by atoms with van der Waals surface area (Å²) in [5, 5.41) is 3.11. The first-order valence-electron chi connectivity index (χ1n) is 7.30. The molecule has 0 spiro atoms. The van der Waals surface area contributed by atoms with Gasteiger partial charge >= 0.3 is 0 Å². The van der Waals surface area contributed by atoms with Crippen LogP contribution >= 0.6 is 0 Å². The zero-order chi connectivity index (χ0) is 14.6. The third kappa shape index (κ3) is 3.42. The molecule has 0 aliphatic heterocycles. The molecule has 2 rings (SSSR count). The summed E-state index contributed by atoms with van der Waals surface area (Å²) in [5.41, 5.74) is 0.159. The summed E-state index contributed by atoms with van der Waals surface area (Å²) < 4.78 is 32.5. The van der Waals surface area contributed by atoms with Crippen molar-refractivity contribution in [3.8, 4) is 0 Å². The van der Waals surface area contributed by atoms with Gasteiger partial charge in [0.1, 0.15) is 5.76 Å². The molecule has 0 atom stereocenters. The van der Waals surface area contributed by atoms with Gasteiger partial charge in [-0.05, 0) is 43.4 Å². The molecule has 0 aromatic carbocycles. The number of rotatable bonds is 8. The van der Waals surface area contributed by atoms with Crippen LogP contribution in [0.2, 0.25) is 0 Å². The Bertz CT molecular complexity index is 527. The highest BCUT2D eigenvalue weighted by molar-refractivity contribution is 7.89. The van der Waals surface area contributed by atoms with Crippen LogP contribution in [0.25, 0.3) is 0 Å². The van der Waals surface area contributed by atoms with Crippen molar-refractivity contribution in [2.45, 2.75) is 51.2 Å². The molecule has 6 heteroatoms. The van der Waals surface area contributed by atoms with Crippen molar-refractivity contribution in [1.82, 2.24) is 10.0 Å². The molecule has 5 nitrogen and oxygen atoms in total. The molecule has 0 unspecified atom stereocenters. The molecular formula is C14H24N2O3S. The summed E-state index contributed by atoms with van der Waals surface area (Å²) in [4.78, 5) is 0. The van der Waals surface area contributed by atoms with Gasteiger partial charge in [0.05, 0.1) is 6.54 Å². The van der Waals surface area contributed by atoms with E-state index in [1.807, 2.05) is 6.92 Å². The van der Waals surface area contributed by atoms with Crippen molar-refractivity contribution in [3.63, 3.8) is 0 Å². The van der Waals surface area contributed by atoms with Crippen LogP contribution in [0.5, 0.6) is 0 Å². The van der Waals surface area contributed by atoms with E-state index in [1.54, 1.807) is 6.07 Å². The standard InChI is InChI=1S/C14H24N2O3S/c1-3-14(8-5-9-14)11-16-20(17,18)13-7-6-12(19-13)10-15-4-2/h6-7,15-16H,3-5,8-11H2,1-2H3. The molecular weight excluding hydrogens is 276 g/mol. The molecule has 1 heterocycles. The van der Waals surface area contributed by atoms with E-state index in [1.165, 1.54) is 12.5 Å². The van der Waals surface area contributed by atoms with Crippen molar-refractivity contribution in [2.75, 3.05) is 13.1 Å². The molecule has 0 amide bonds. The molecule has 114 valence electrons. The number of hydrogen-bond donors (Lipinski definition) is 2. The normalized spacial score (nSPS) is 17.9. The van der Waals surface area contributed by atoms with Gasteiger partial charge in [-0.1, -0.05) is 20.3 Å². The first-order valence-corrected chi connectivity index (χ1v) is 8.79. The van der Waals surface area contributed by atoms with E-state index >= 15 is 0 Å². The van der Waals surface area contributed by atoms with Crippen molar-refractivity contribution in [2.24, 2.45) is 5.41 Å². The lowest BCUT2D eigenvalue weighted by molar-refractivity contribution is 0.132. The molecule has 1 saturated carbocycles. The van der Waals surface area contributed by atoms with Gasteiger partial charge in [0, 0.05) is 6.54 Å². The van der Waals surface area contributed by atoms with Crippen LogP contribution in [0.3, 0.4) is 0 Å². The van der Waals surface area contributed by atoms with Crippen molar-refractivity contribution < 1.29 is 12.8 Å². The first kappa shape index (κ1) is 15.5. The Morgan fingerprint density at radius 2 is 2.05 bits per heavy atom. The fraction of sp³-hybridized carbons (Fsp3) is 0.714. The molecule has 0 radical (unpaired) electrons. The Morgan fingerprint density at radius 1 is 1.30 bits per heavy atom. The molecule has 20 heavy (non-hydrogen) atoms. The monoisotopic (exact) mass is 300 g/mol. The van der Waals surface area contributed by atoms with Crippen LogP contribution < -0.4 is 10.0 Å². The summed E-state index contributed by atoms with van der Waals surface area (Å²) in [6.07, 6.45) is 4.42. The SMILES string of the molecule is CCNCc1ccc(S(=O)(=O)NCC2(CC)CCC2)o1. The zero-order valence-corrected chi connectivity index (χ0v) is 13.1. The van der Waals surface area contributed by atoms with E-state index in [4.69, 9.17) is 4.42 Å². The molecule has 1 aromatic heterocycles. The number of sulfonamides is 1. The Labute approximate surface area is 121 Å². The van der Waals surface area contributed by atoms with Crippen molar-refractivity contribution in [1.29, 1.82) is 0 Å². The van der Waals surface area contributed by atoms with Crippen LogP contribution in [0.1, 0.15) is 45.3 Å². The number of hydrogen-bond acceptors (Lipinski definition) is 4. The first-order chi connectivity index (χ1) is 9.51. The second-order valence-electron chi connectivity index (χ2n) is 5.53. The summed E-state index contributed by atoms with van der Waals surface area (Å²) in [7, 11) is -3.53. The lowest BCUT2D eigenvalue weighted by atomic mass is 9.67. The predicted molar refractivity (Wildman–Crippen MR) is 77.9 cm³/mol. The van der Waals surface area contributed by atoms with Crippen LogP contribution in [0.15, 0.2) is 21.6 Å². The van der Waals surface area contributed by atoms with Crippen LogP contribution in [-0.4, -0.2) is 21.5 Å². The van der Waals surface area contributed by atoms with E-state index in [2.05, 4.69) is 17.0 Å². The van der Waals surface area contributed by atoms with Crippen molar-refractivity contribution >= 4 is 10.0 Å². The molecule has 1 fully saturated rings. The topological polar surface area (TPSA) is 71.3 Å². The quantitative estimate of drug-likeness (QED) is 0.772. The van der Waals surface area contributed by atoms with Gasteiger partial charge in [-0.25, -0.2) is 13.1 Å². The Balaban J connectivity index is 1.97. The third-order valence-electron chi connectivity index (χ3n) is 4.25. The molecule has 0 saturated heterocycles. The smallest absolute Gasteiger partial charge is 0.273 e.